The van der Waals surface area contributed by atoms with Crippen LogP contribution in [0.1, 0.15) is 23.7 Å². The molecule has 1 heterocycles. The predicted molar refractivity (Wildman–Crippen MR) is 84.1 cm³/mol. The van der Waals surface area contributed by atoms with Gasteiger partial charge in [0.15, 0.2) is 11.5 Å². The summed E-state index contributed by atoms with van der Waals surface area (Å²) in [6.45, 7) is 3.64. The first-order chi connectivity index (χ1) is 11.0. The molecule has 1 aromatic carbocycles. The summed E-state index contributed by atoms with van der Waals surface area (Å²) in [6.07, 6.45) is 0.786. The Bertz CT molecular complexity index is 605. The summed E-state index contributed by atoms with van der Waals surface area (Å²) >= 11 is 0. The number of amides is 1. The second-order valence-corrected chi connectivity index (χ2v) is 5.53. The van der Waals surface area contributed by atoms with Crippen LogP contribution in [0.3, 0.4) is 0 Å². The Kier molecular flexibility index (Phi) is 5.38. The molecule has 1 aliphatic heterocycles. The lowest BCUT2D eigenvalue weighted by atomic mass is 9.95. The van der Waals surface area contributed by atoms with Crippen molar-refractivity contribution in [3.63, 3.8) is 0 Å². The van der Waals surface area contributed by atoms with E-state index < -0.39 is 10.8 Å². The standard InChI is InChI=1S/C15H21N3O5/c1-9-8-16-5-4-11(9)17-15(19)10-6-13(22-2)14(23-3)7-12(10)18(20)21/h6-7,9,11,16H,4-5,8H2,1-3H3,(H,17,19). The van der Waals surface area contributed by atoms with E-state index in [9.17, 15) is 14.9 Å². The van der Waals surface area contributed by atoms with Crippen molar-refractivity contribution < 1.29 is 19.2 Å². The van der Waals surface area contributed by atoms with Crippen LogP contribution in [0.5, 0.6) is 11.5 Å². The number of carbonyl (C=O) groups is 1. The fraction of sp³-hybridized carbons (Fsp3) is 0.533. The second kappa shape index (κ2) is 7.28. The summed E-state index contributed by atoms with van der Waals surface area (Å²) in [7, 11) is 2.80. The lowest BCUT2D eigenvalue weighted by Gasteiger charge is -2.30. The lowest BCUT2D eigenvalue weighted by molar-refractivity contribution is -0.385. The normalized spacial score (nSPS) is 20.7. The summed E-state index contributed by atoms with van der Waals surface area (Å²) in [5.41, 5.74) is -0.333. The Labute approximate surface area is 134 Å². The topological polar surface area (TPSA) is 103 Å². The highest BCUT2D eigenvalue weighted by Crippen LogP contribution is 2.34. The van der Waals surface area contributed by atoms with Crippen molar-refractivity contribution in [2.75, 3.05) is 27.3 Å². The van der Waals surface area contributed by atoms with Gasteiger partial charge in [0.05, 0.1) is 25.2 Å². The molecule has 2 rings (SSSR count). The van der Waals surface area contributed by atoms with Crippen LogP contribution in [0, 0.1) is 16.0 Å². The van der Waals surface area contributed by atoms with Gasteiger partial charge >= 0.3 is 0 Å². The van der Waals surface area contributed by atoms with Gasteiger partial charge in [0.2, 0.25) is 0 Å². The SMILES string of the molecule is COc1cc(C(=O)NC2CCNCC2C)c([N+](=O)[O-])cc1OC. The van der Waals surface area contributed by atoms with Gasteiger partial charge in [-0.05, 0) is 25.4 Å². The van der Waals surface area contributed by atoms with Crippen LogP contribution in [0.2, 0.25) is 0 Å². The van der Waals surface area contributed by atoms with Gasteiger partial charge in [-0.3, -0.25) is 14.9 Å². The monoisotopic (exact) mass is 323 g/mol. The van der Waals surface area contributed by atoms with Gasteiger partial charge in [-0.2, -0.15) is 0 Å². The number of benzene rings is 1. The zero-order valence-corrected chi connectivity index (χ0v) is 13.4. The van der Waals surface area contributed by atoms with Crippen LogP contribution >= 0.6 is 0 Å². The van der Waals surface area contributed by atoms with E-state index in [-0.39, 0.29) is 34.7 Å². The molecule has 1 fully saturated rings. The fourth-order valence-electron chi connectivity index (χ4n) is 2.68. The maximum atomic E-state index is 12.5. The molecule has 8 heteroatoms. The highest BCUT2D eigenvalue weighted by Gasteiger charge is 2.28. The van der Waals surface area contributed by atoms with Crippen LogP contribution in [-0.2, 0) is 0 Å². The third-order valence-electron chi connectivity index (χ3n) is 4.05. The largest absolute Gasteiger partial charge is 0.493 e. The van der Waals surface area contributed by atoms with E-state index in [0.717, 1.165) is 19.5 Å². The molecule has 0 saturated carbocycles. The first-order valence-electron chi connectivity index (χ1n) is 7.40. The number of nitro groups is 1. The molecular weight excluding hydrogens is 302 g/mol. The molecule has 0 aromatic heterocycles. The fourth-order valence-corrected chi connectivity index (χ4v) is 2.68. The Morgan fingerprint density at radius 1 is 1.35 bits per heavy atom. The number of rotatable bonds is 5. The average Bonchev–Trinajstić information content (AvgIpc) is 2.55. The smallest absolute Gasteiger partial charge is 0.286 e. The predicted octanol–water partition coefficient (Wildman–Crippen LogP) is 1.34. The third-order valence-corrected chi connectivity index (χ3v) is 4.05. The molecule has 0 radical (unpaired) electrons. The van der Waals surface area contributed by atoms with Gasteiger partial charge in [-0.15, -0.1) is 0 Å². The highest BCUT2D eigenvalue weighted by molar-refractivity contribution is 5.99. The number of ether oxygens (including phenoxy) is 2. The van der Waals surface area contributed by atoms with E-state index in [4.69, 9.17) is 9.47 Å². The van der Waals surface area contributed by atoms with Gasteiger partial charge in [0, 0.05) is 12.1 Å². The minimum atomic E-state index is -0.595. The van der Waals surface area contributed by atoms with Crippen molar-refractivity contribution in [2.24, 2.45) is 5.92 Å². The van der Waals surface area contributed by atoms with Crippen LogP contribution < -0.4 is 20.1 Å². The average molecular weight is 323 g/mol. The molecule has 1 aliphatic rings. The van der Waals surface area contributed by atoms with Crippen molar-refractivity contribution >= 4 is 11.6 Å². The molecule has 2 atom stereocenters. The van der Waals surface area contributed by atoms with E-state index in [1.165, 1.54) is 26.4 Å². The number of hydrogen-bond acceptors (Lipinski definition) is 6. The van der Waals surface area contributed by atoms with E-state index in [1.54, 1.807) is 0 Å². The van der Waals surface area contributed by atoms with Crippen molar-refractivity contribution in [2.45, 2.75) is 19.4 Å². The van der Waals surface area contributed by atoms with Crippen LogP contribution in [-0.4, -0.2) is 44.2 Å². The van der Waals surface area contributed by atoms with Crippen LogP contribution in [0.4, 0.5) is 5.69 Å². The van der Waals surface area contributed by atoms with E-state index >= 15 is 0 Å². The maximum absolute atomic E-state index is 12.5. The number of methoxy groups -OCH3 is 2. The second-order valence-electron chi connectivity index (χ2n) is 5.53. The van der Waals surface area contributed by atoms with Gasteiger partial charge in [0.1, 0.15) is 5.56 Å². The lowest BCUT2D eigenvalue weighted by Crippen LogP contribution is -2.48. The number of hydrogen-bond donors (Lipinski definition) is 2. The van der Waals surface area contributed by atoms with E-state index in [2.05, 4.69) is 10.6 Å². The third kappa shape index (κ3) is 3.70. The van der Waals surface area contributed by atoms with Crippen LogP contribution in [0.25, 0.3) is 0 Å². The van der Waals surface area contributed by atoms with Crippen LogP contribution in [0.15, 0.2) is 12.1 Å². The summed E-state index contributed by atoms with van der Waals surface area (Å²) in [5, 5.41) is 17.4. The van der Waals surface area contributed by atoms with Gasteiger partial charge in [0.25, 0.3) is 11.6 Å². The Hall–Kier alpha value is -2.35. The minimum Gasteiger partial charge on any atom is -0.493 e. The summed E-state index contributed by atoms with van der Waals surface area (Å²) < 4.78 is 10.2. The number of carbonyl (C=O) groups excluding carboxylic acids is 1. The molecule has 23 heavy (non-hydrogen) atoms. The quantitative estimate of drug-likeness (QED) is 0.626. The molecule has 0 spiro atoms. The molecule has 126 valence electrons. The Morgan fingerprint density at radius 3 is 2.57 bits per heavy atom. The van der Waals surface area contributed by atoms with E-state index in [0.29, 0.717) is 0 Å². The molecule has 1 amide bonds. The zero-order valence-electron chi connectivity index (χ0n) is 13.4. The highest BCUT2D eigenvalue weighted by atomic mass is 16.6. The van der Waals surface area contributed by atoms with Crippen molar-refractivity contribution in [1.29, 1.82) is 0 Å². The number of nitro benzene ring substituents is 1. The summed E-state index contributed by atoms with van der Waals surface area (Å²) in [5.74, 6) is 0.274. The molecule has 8 nitrogen and oxygen atoms in total. The Morgan fingerprint density at radius 2 is 2.00 bits per heavy atom. The zero-order chi connectivity index (χ0) is 17.0. The Balaban J connectivity index is 2.32. The summed E-state index contributed by atoms with van der Waals surface area (Å²) in [6, 6.07) is 2.54. The van der Waals surface area contributed by atoms with Crippen molar-refractivity contribution in [3.05, 3.63) is 27.8 Å². The molecule has 1 aromatic rings. The first-order valence-corrected chi connectivity index (χ1v) is 7.40. The molecule has 0 aliphatic carbocycles. The van der Waals surface area contributed by atoms with Crippen molar-refractivity contribution in [3.8, 4) is 11.5 Å². The van der Waals surface area contributed by atoms with Gasteiger partial charge in [-0.25, -0.2) is 0 Å². The number of nitrogens with zero attached hydrogens (tertiary/aromatic N) is 1. The van der Waals surface area contributed by atoms with Gasteiger partial charge in [-0.1, -0.05) is 6.92 Å². The first kappa shape index (κ1) is 17.0. The molecular formula is C15H21N3O5. The van der Waals surface area contributed by atoms with E-state index in [1.807, 2.05) is 6.92 Å². The maximum Gasteiger partial charge on any atom is 0.286 e. The molecule has 2 unspecified atom stereocenters. The number of piperidine rings is 1. The summed E-state index contributed by atoms with van der Waals surface area (Å²) in [4.78, 5) is 23.2. The molecule has 1 saturated heterocycles. The van der Waals surface area contributed by atoms with Gasteiger partial charge < -0.3 is 20.1 Å². The number of nitrogens with one attached hydrogen (secondary N) is 2. The molecule has 2 N–H and O–H groups in total. The molecule has 0 bridgehead atoms. The minimum absolute atomic E-state index is 0.0172. The van der Waals surface area contributed by atoms with Crippen molar-refractivity contribution in [1.82, 2.24) is 10.6 Å².